The molecule has 1 aromatic heterocycles. The van der Waals surface area contributed by atoms with Crippen molar-refractivity contribution in [1.82, 2.24) is 4.98 Å². The Labute approximate surface area is 104 Å². The van der Waals surface area contributed by atoms with Crippen molar-refractivity contribution in [2.45, 2.75) is 26.4 Å². The number of hydrogen-bond donors (Lipinski definition) is 1. The van der Waals surface area contributed by atoms with E-state index < -0.39 is 0 Å². The minimum Gasteiger partial charge on any atom is -0.379 e. The number of halogens is 1. The molecule has 0 aliphatic heterocycles. The van der Waals surface area contributed by atoms with Gasteiger partial charge in [-0.05, 0) is 20.3 Å². The predicted molar refractivity (Wildman–Crippen MR) is 66.0 cm³/mol. The lowest BCUT2D eigenvalue weighted by Gasteiger charge is -2.07. The van der Waals surface area contributed by atoms with Crippen LogP contribution in [0.3, 0.4) is 0 Å². The second-order valence-corrected chi connectivity index (χ2v) is 5.05. The third-order valence-corrected chi connectivity index (χ3v) is 2.95. The number of rotatable bonds is 6. The first-order chi connectivity index (χ1) is 7.63. The summed E-state index contributed by atoms with van der Waals surface area (Å²) in [6.45, 7) is 5.50. The molecule has 0 spiro atoms. The van der Waals surface area contributed by atoms with Crippen LogP contribution in [0, 0.1) is 11.3 Å². The Morgan fingerprint density at radius 1 is 1.62 bits per heavy atom. The van der Waals surface area contributed by atoms with Crippen LogP contribution in [0.25, 0.3) is 0 Å². The van der Waals surface area contributed by atoms with Gasteiger partial charge in [-0.25, -0.2) is 4.98 Å². The summed E-state index contributed by atoms with van der Waals surface area (Å²) in [5.74, 6) is 0. The van der Waals surface area contributed by atoms with E-state index in [2.05, 4.69) is 10.3 Å². The summed E-state index contributed by atoms with van der Waals surface area (Å²) in [5.41, 5.74) is 0.285. The predicted octanol–water partition coefficient (Wildman–Crippen LogP) is 2.90. The van der Waals surface area contributed by atoms with Crippen LogP contribution in [0.2, 0.25) is 4.34 Å². The standard InChI is InChI=1S/C10H14ClN3OS/c1-7(2)15-5-3-4-13-10-14-8(6-12)9(11)16-10/h7H,3-5H2,1-2H3,(H,13,14). The zero-order valence-electron chi connectivity index (χ0n) is 9.29. The molecule has 0 saturated heterocycles. The normalized spacial score (nSPS) is 10.4. The van der Waals surface area contributed by atoms with Gasteiger partial charge >= 0.3 is 0 Å². The Kier molecular flexibility index (Phi) is 5.53. The average molecular weight is 260 g/mol. The highest BCUT2D eigenvalue weighted by Gasteiger charge is 2.07. The fourth-order valence-electron chi connectivity index (χ4n) is 1.03. The lowest BCUT2D eigenvalue weighted by molar-refractivity contribution is 0.0787. The summed E-state index contributed by atoms with van der Waals surface area (Å²) in [7, 11) is 0. The minimum atomic E-state index is 0.263. The molecular formula is C10H14ClN3OS. The lowest BCUT2D eigenvalue weighted by Crippen LogP contribution is -2.09. The molecule has 16 heavy (non-hydrogen) atoms. The first-order valence-corrected chi connectivity index (χ1v) is 6.25. The molecule has 0 aromatic carbocycles. The third kappa shape index (κ3) is 4.35. The summed E-state index contributed by atoms with van der Waals surface area (Å²) in [4.78, 5) is 4.03. The van der Waals surface area contributed by atoms with Crippen LogP contribution in [0.5, 0.6) is 0 Å². The lowest BCUT2D eigenvalue weighted by atomic mass is 10.4. The van der Waals surface area contributed by atoms with Crippen LogP contribution < -0.4 is 5.32 Å². The molecule has 1 heterocycles. The van der Waals surface area contributed by atoms with Crippen LogP contribution in [0.1, 0.15) is 26.0 Å². The topological polar surface area (TPSA) is 57.9 Å². The number of aromatic nitrogens is 1. The Morgan fingerprint density at radius 2 is 2.38 bits per heavy atom. The number of nitriles is 1. The summed E-state index contributed by atoms with van der Waals surface area (Å²) in [6.07, 6.45) is 1.16. The molecule has 1 rings (SSSR count). The van der Waals surface area contributed by atoms with Crippen LogP contribution >= 0.6 is 22.9 Å². The molecular weight excluding hydrogens is 246 g/mol. The monoisotopic (exact) mass is 259 g/mol. The van der Waals surface area contributed by atoms with Gasteiger partial charge in [0.2, 0.25) is 0 Å². The summed E-state index contributed by atoms with van der Waals surface area (Å²) in [5, 5.41) is 12.5. The molecule has 0 aliphatic rings. The van der Waals surface area contributed by atoms with E-state index in [1.54, 1.807) is 0 Å². The van der Waals surface area contributed by atoms with Gasteiger partial charge < -0.3 is 10.1 Å². The molecule has 0 bridgehead atoms. The molecule has 0 atom stereocenters. The Hall–Kier alpha value is -0.830. The molecule has 0 radical (unpaired) electrons. The van der Waals surface area contributed by atoms with Crippen molar-refractivity contribution in [3.05, 3.63) is 10.0 Å². The highest BCUT2D eigenvalue weighted by Crippen LogP contribution is 2.27. The van der Waals surface area contributed by atoms with Crippen molar-refractivity contribution in [2.24, 2.45) is 0 Å². The van der Waals surface area contributed by atoms with E-state index in [1.807, 2.05) is 19.9 Å². The zero-order chi connectivity index (χ0) is 12.0. The van der Waals surface area contributed by atoms with Crippen molar-refractivity contribution in [1.29, 1.82) is 5.26 Å². The first kappa shape index (κ1) is 13.2. The van der Waals surface area contributed by atoms with E-state index in [9.17, 15) is 0 Å². The molecule has 1 N–H and O–H groups in total. The van der Waals surface area contributed by atoms with Crippen molar-refractivity contribution in [3.8, 4) is 6.07 Å². The number of thiazole rings is 1. The maximum absolute atomic E-state index is 8.66. The van der Waals surface area contributed by atoms with E-state index in [0.717, 1.165) is 19.6 Å². The van der Waals surface area contributed by atoms with Crippen LogP contribution in [-0.4, -0.2) is 24.2 Å². The van der Waals surface area contributed by atoms with Gasteiger partial charge in [0.1, 0.15) is 10.4 Å². The zero-order valence-corrected chi connectivity index (χ0v) is 10.9. The summed E-state index contributed by atoms with van der Waals surface area (Å²) in [6, 6.07) is 1.93. The third-order valence-electron chi connectivity index (χ3n) is 1.74. The quantitative estimate of drug-likeness (QED) is 0.798. The van der Waals surface area contributed by atoms with E-state index >= 15 is 0 Å². The Morgan fingerprint density at radius 3 is 2.94 bits per heavy atom. The van der Waals surface area contributed by atoms with Crippen LogP contribution in [-0.2, 0) is 4.74 Å². The number of nitrogens with zero attached hydrogens (tertiary/aromatic N) is 2. The van der Waals surface area contributed by atoms with Crippen molar-refractivity contribution in [3.63, 3.8) is 0 Å². The van der Waals surface area contributed by atoms with E-state index in [0.29, 0.717) is 9.47 Å². The highest BCUT2D eigenvalue weighted by molar-refractivity contribution is 7.19. The minimum absolute atomic E-state index is 0.263. The van der Waals surface area contributed by atoms with Gasteiger partial charge in [-0.15, -0.1) is 0 Å². The van der Waals surface area contributed by atoms with Crippen LogP contribution in [0.15, 0.2) is 0 Å². The maximum Gasteiger partial charge on any atom is 0.185 e. The SMILES string of the molecule is CC(C)OCCCNc1nc(C#N)c(Cl)s1. The first-order valence-electron chi connectivity index (χ1n) is 5.05. The van der Waals surface area contributed by atoms with Gasteiger partial charge in [-0.2, -0.15) is 5.26 Å². The molecule has 88 valence electrons. The van der Waals surface area contributed by atoms with Crippen molar-refractivity contribution in [2.75, 3.05) is 18.5 Å². The molecule has 6 heteroatoms. The largest absolute Gasteiger partial charge is 0.379 e. The second-order valence-electron chi connectivity index (χ2n) is 3.45. The number of anilines is 1. The highest BCUT2D eigenvalue weighted by atomic mass is 35.5. The van der Waals surface area contributed by atoms with Gasteiger partial charge in [0, 0.05) is 13.2 Å². The fraction of sp³-hybridized carbons (Fsp3) is 0.600. The van der Waals surface area contributed by atoms with Gasteiger partial charge in [0.25, 0.3) is 0 Å². The second kappa shape index (κ2) is 6.69. The smallest absolute Gasteiger partial charge is 0.185 e. The summed E-state index contributed by atoms with van der Waals surface area (Å²) >= 11 is 7.08. The molecule has 0 saturated carbocycles. The Bertz CT molecular complexity index is 373. The maximum atomic E-state index is 8.66. The molecule has 0 fully saturated rings. The molecule has 0 aliphatic carbocycles. The van der Waals surface area contributed by atoms with Gasteiger partial charge in [0.15, 0.2) is 10.8 Å². The molecule has 1 aromatic rings. The van der Waals surface area contributed by atoms with E-state index in [4.69, 9.17) is 21.6 Å². The van der Waals surface area contributed by atoms with E-state index in [1.165, 1.54) is 11.3 Å². The number of nitrogens with one attached hydrogen (secondary N) is 1. The average Bonchev–Trinajstić information content (AvgIpc) is 2.58. The van der Waals surface area contributed by atoms with Crippen molar-refractivity contribution >= 4 is 28.1 Å². The fourth-order valence-corrected chi connectivity index (χ4v) is 2.01. The Balaban J connectivity index is 2.25. The number of hydrogen-bond acceptors (Lipinski definition) is 5. The van der Waals surface area contributed by atoms with Gasteiger partial charge in [-0.3, -0.25) is 0 Å². The van der Waals surface area contributed by atoms with Crippen molar-refractivity contribution < 1.29 is 4.74 Å². The van der Waals surface area contributed by atoms with E-state index in [-0.39, 0.29) is 11.8 Å². The number of ether oxygens (including phenoxy) is 1. The van der Waals surface area contributed by atoms with Crippen LogP contribution in [0.4, 0.5) is 5.13 Å². The van der Waals surface area contributed by atoms with Gasteiger partial charge in [-0.1, -0.05) is 22.9 Å². The molecule has 0 unspecified atom stereocenters. The molecule has 4 nitrogen and oxygen atoms in total. The van der Waals surface area contributed by atoms with Gasteiger partial charge in [0.05, 0.1) is 6.10 Å². The summed E-state index contributed by atoms with van der Waals surface area (Å²) < 4.78 is 5.83. The molecule has 0 amide bonds.